The second-order valence-electron chi connectivity index (χ2n) is 5.66. The third-order valence-corrected chi connectivity index (χ3v) is 4.31. The number of benzene rings is 2. The van der Waals surface area contributed by atoms with E-state index in [-0.39, 0.29) is 11.4 Å². The van der Waals surface area contributed by atoms with Crippen LogP contribution in [0.4, 0.5) is 4.39 Å². The van der Waals surface area contributed by atoms with Crippen LogP contribution in [0.25, 0.3) is 10.8 Å². The van der Waals surface area contributed by atoms with E-state index in [1.807, 2.05) is 39.8 Å². The van der Waals surface area contributed by atoms with Gasteiger partial charge >= 0.3 is 0 Å². The first-order valence-corrected chi connectivity index (χ1v) is 7.32. The van der Waals surface area contributed by atoms with Crippen LogP contribution in [-0.4, -0.2) is 9.75 Å². The maximum atomic E-state index is 14.1. The van der Waals surface area contributed by atoms with Gasteiger partial charge in [-0.3, -0.25) is 0 Å². The Morgan fingerprint density at radius 3 is 2.47 bits per heavy atom. The largest absolute Gasteiger partial charge is 0.237 e. The van der Waals surface area contributed by atoms with E-state index in [0.717, 1.165) is 10.9 Å². The Morgan fingerprint density at radius 2 is 1.84 bits per heavy atom. The van der Waals surface area contributed by atoms with Gasteiger partial charge in [0.05, 0.1) is 4.90 Å². The van der Waals surface area contributed by atoms with Gasteiger partial charge < -0.3 is 0 Å². The van der Waals surface area contributed by atoms with Crippen LogP contribution in [0.5, 0.6) is 0 Å². The number of nitrogens with one attached hydrogen (secondary N) is 1. The molecule has 2 nitrogen and oxygen atoms in total. The van der Waals surface area contributed by atoms with Gasteiger partial charge in [-0.25, -0.2) is 13.3 Å². The molecule has 0 aliphatic carbocycles. The van der Waals surface area contributed by atoms with Crippen LogP contribution >= 0.6 is 0 Å². The summed E-state index contributed by atoms with van der Waals surface area (Å²) in [7, 11) is -1.44. The molecular formula is C15H18FNOS. The lowest BCUT2D eigenvalue weighted by molar-refractivity contribution is 0.519. The molecule has 1 N–H and O–H groups in total. The highest BCUT2D eigenvalue weighted by atomic mass is 32.2. The molecule has 0 amide bonds. The molecule has 0 aliphatic rings. The van der Waals surface area contributed by atoms with Crippen LogP contribution in [0.3, 0.4) is 0 Å². The molecule has 0 aliphatic heterocycles. The summed E-state index contributed by atoms with van der Waals surface area (Å²) >= 11 is 0. The van der Waals surface area contributed by atoms with Crippen molar-refractivity contribution in [3.63, 3.8) is 0 Å². The van der Waals surface area contributed by atoms with Crippen molar-refractivity contribution in [2.45, 2.75) is 38.1 Å². The lowest BCUT2D eigenvalue weighted by Gasteiger charge is -2.20. The quantitative estimate of drug-likeness (QED) is 0.892. The fraction of sp³-hybridized carbons (Fsp3) is 0.333. The predicted octanol–water partition coefficient (Wildman–Crippen LogP) is 3.70. The third-order valence-electron chi connectivity index (χ3n) is 2.77. The second kappa shape index (κ2) is 5.02. The maximum Gasteiger partial charge on any atom is 0.132 e. The standard InChI is InChI=1S/C15H18FNOS/c1-10-8-9-13(19(18)17-15(2,3)4)14-11(10)6-5-7-12(14)16/h5-9,17H,1-4H3. The zero-order valence-electron chi connectivity index (χ0n) is 11.6. The lowest BCUT2D eigenvalue weighted by Crippen LogP contribution is -2.37. The molecule has 0 heterocycles. The van der Waals surface area contributed by atoms with Crippen molar-refractivity contribution in [3.05, 3.63) is 41.7 Å². The summed E-state index contributed by atoms with van der Waals surface area (Å²) in [5.41, 5.74) is 0.679. The van der Waals surface area contributed by atoms with Crippen LogP contribution in [0.2, 0.25) is 0 Å². The van der Waals surface area contributed by atoms with E-state index >= 15 is 0 Å². The average molecular weight is 279 g/mol. The van der Waals surface area contributed by atoms with Crippen molar-refractivity contribution in [1.82, 2.24) is 4.72 Å². The molecule has 102 valence electrons. The fourth-order valence-electron chi connectivity index (χ4n) is 1.96. The molecule has 2 aromatic rings. The number of halogens is 1. The number of hydrogen-bond donors (Lipinski definition) is 1. The molecule has 1 unspecified atom stereocenters. The average Bonchev–Trinajstić information content (AvgIpc) is 2.28. The Morgan fingerprint density at radius 1 is 1.16 bits per heavy atom. The summed E-state index contributed by atoms with van der Waals surface area (Å²) in [4.78, 5) is 0.494. The Kier molecular flexibility index (Phi) is 3.74. The van der Waals surface area contributed by atoms with E-state index in [1.54, 1.807) is 12.1 Å². The van der Waals surface area contributed by atoms with Gasteiger partial charge in [0.1, 0.15) is 16.8 Å². The zero-order valence-corrected chi connectivity index (χ0v) is 12.4. The molecule has 1 atom stereocenters. The Labute approximate surface area is 115 Å². The molecule has 19 heavy (non-hydrogen) atoms. The predicted molar refractivity (Wildman–Crippen MR) is 77.9 cm³/mol. The topological polar surface area (TPSA) is 29.1 Å². The number of rotatable bonds is 2. The summed E-state index contributed by atoms with van der Waals surface area (Å²) in [6.45, 7) is 7.71. The van der Waals surface area contributed by atoms with E-state index in [1.165, 1.54) is 6.07 Å². The summed E-state index contributed by atoms with van der Waals surface area (Å²) in [5.74, 6) is -0.333. The molecule has 0 fully saturated rings. The molecule has 0 saturated carbocycles. The highest BCUT2D eigenvalue weighted by molar-refractivity contribution is 7.83. The Hall–Kier alpha value is -1.26. The van der Waals surface area contributed by atoms with E-state index < -0.39 is 11.0 Å². The normalized spacial score (nSPS) is 13.7. The summed E-state index contributed by atoms with van der Waals surface area (Å²) < 4.78 is 29.4. The van der Waals surface area contributed by atoms with Gasteiger partial charge in [-0.15, -0.1) is 0 Å². The molecule has 0 radical (unpaired) electrons. The molecule has 0 aromatic heterocycles. The van der Waals surface area contributed by atoms with Crippen molar-refractivity contribution in [2.24, 2.45) is 0 Å². The van der Waals surface area contributed by atoms with Crippen LogP contribution in [0.1, 0.15) is 26.3 Å². The molecule has 2 rings (SSSR count). The maximum absolute atomic E-state index is 14.1. The van der Waals surface area contributed by atoms with E-state index in [2.05, 4.69) is 4.72 Å². The molecule has 0 saturated heterocycles. The summed E-state index contributed by atoms with van der Waals surface area (Å²) in [5, 5.41) is 1.25. The van der Waals surface area contributed by atoms with Gasteiger partial charge in [0.25, 0.3) is 0 Å². The van der Waals surface area contributed by atoms with Gasteiger partial charge in [-0.1, -0.05) is 18.2 Å². The number of hydrogen-bond acceptors (Lipinski definition) is 1. The molecule has 2 aromatic carbocycles. The van der Waals surface area contributed by atoms with Crippen molar-refractivity contribution in [2.75, 3.05) is 0 Å². The fourth-order valence-corrected chi connectivity index (χ4v) is 3.22. The minimum Gasteiger partial charge on any atom is -0.237 e. The number of fused-ring (bicyclic) bond motifs is 1. The second-order valence-corrected chi connectivity index (χ2v) is 6.85. The minimum atomic E-state index is -1.44. The Bertz CT molecular complexity index is 646. The molecule has 4 heteroatoms. The van der Waals surface area contributed by atoms with Gasteiger partial charge in [-0.2, -0.15) is 0 Å². The van der Waals surface area contributed by atoms with Gasteiger partial charge in [0, 0.05) is 10.9 Å². The summed E-state index contributed by atoms with van der Waals surface area (Å²) in [6, 6.07) is 8.54. The highest BCUT2D eigenvalue weighted by Gasteiger charge is 2.18. The highest BCUT2D eigenvalue weighted by Crippen LogP contribution is 2.27. The van der Waals surface area contributed by atoms with Crippen molar-refractivity contribution >= 4 is 21.8 Å². The van der Waals surface area contributed by atoms with Crippen molar-refractivity contribution in [3.8, 4) is 0 Å². The minimum absolute atomic E-state index is 0.298. The van der Waals surface area contributed by atoms with Crippen molar-refractivity contribution in [1.29, 1.82) is 0 Å². The zero-order chi connectivity index (χ0) is 14.2. The number of aryl methyl sites for hydroxylation is 1. The van der Waals surface area contributed by atoms with E-state index in [9.17, 15) is 8.60 Å². The first kappa shape index (κ1) is 14.2. The lowest BCUT2D eigenvalue weighted by atomic mass is 10.1. The van der Waals surface area contributed by atoms with Crippen LogP contribution in [0, 0.1) is 12.7 Å². The van der Waals surface area contributed by atoms with E-state index in [0.29, 0.717) is 10.3 Å². The Balaban J connectivity index is 2.62. The van der Waals surface area contributed by atoms with E-state index in [4.69, 9.17) is 0 Å². The van der Waals surface area contributed by atoms with Gasteiger partial charge in [0.15, 0.2) is 0 Å². The molecule has 0 bridgehead atoms. The van der Waals surface area contributed by atoms with Crippen LogP contribution in [0.15, 0.2) is 35.2 Å². The summed E-state index contributed by atoms with van der Waals surface area (Å²) in [6.07, 6.45) is 0. The van der Waals surface area contributed by atoms with Crippen LogP contribution in [-0.2, 0) is 11.0 Å². The van der Waals surface area contributed by atoms with Gasteiger partial charge in [-0.05, 0) is 50.8 Å². The SMILES string of the molecule is Cc1ccc(S(=O)NC(C)(C)C)c2c(F)cccc12. The molecule has 0 spiro atoms. The smallest absolute Gasteiger partial charge is 0.132 e. The third kappa shape index (κ3) is 3.01. The van der Waals surface area contributed by atoms with Crippen LogP contribution < -0.4 is 4.72 Å². The first-order chi connectivity index (χ1) is 8.79. The van der Waals surface area contributed by atoms with Gasteiger partial charge in [0.2, 0.25) is 0 Å². The monoisotopic (exact) mass is 279 g/mol. The first-order valence-electron chi connectivity index (χ1n) is 6.17. The molecular weight excluding hydrogens is 261 g/mol. The van der Waals surface area contributed by atoms with Crippen molar-refractivity contribution < 1.29 is 8.60 Å².